The second kappa shape index (κ2) is 6.01. The highest BCUT2D eigenvalue weighted by Crippen LogP contribution is 2.29. The molecule has 0 spiro atoms. The highest BCUT2D eigenvalue weighted by molar-refractivity contribution is 7.98. The summed E-state index contributed by atoms with van der Waals surface area (Å²) in [5, 5.41) is 14.1. The highest BCUT2D eigenvalue weighted by Gasteiger charge is 2.15. The Kier molecular flexibility index (Phi) is 4.23. The molecule has 3 aromatic rings. The molecule has 0 saturated carbocycles. The van der Waals surface area contributed by atoms with Gasteiger partial charge in [0.2, 0.25) is 4.96 Å². The molecule has 2 aromatic heterocycles. The molecular weight excluding hydrogens is 312 g/mol. The van der Waals surface area contributed by atoms with Gasteiger partial charge < -0.3 is 0 Å². The van der Waals surface area contributed by atoms with Crippen LogP contribution in [0.3, 0.4) is 0 Å². The normalized spacial score (nSPS) is 12.2. The fraction of sp³-hybridized carbons (Fsp3) is 0.438. The monoisotopic (exact) mass is 332 g/mol. The van der Waals surface area contributed by atoms with E-state index in [0.29, 0.717) is 0 Å². The quantitative estimate of drug-likeness (QED) is 0.710. The van der Waals surface area contributed by atoms with E-state index in [9.17, 15) is 0 Å². The minimum atomic E-state index is 0.171. The largest absolute Gasteiger partial charge is 0.235 e. The summed E-state index contributed by atoms with van der Waals surface area (Å²) in [6.45, 7) is 8.82. The molecule has 0 aliphatic carbocycles. The molecule has 0 fully saturated rings. The molecule has 2 heterocycles. The van der Waals surface area contributed by atoms with E-state index < -0.39 is 0 Å². The van der Waals surface area contributed by atoms with Crippen molar-refractivity contribution < 1.29 is 0 Å². The molecule has 4 nitrogen and oxygen atoms in total. The molecule has 0 saturated heterocycles. The second-order valence-corrected chi connectivity index (χ2v) is 8.41. The predicted molar refractivity (Wildman–Crippen MR) is 94.6 cm³/mol. The Hall–Kier alpha value is -1.40. The van der Waals surface area contributed by atoms with Gasteiger partial charge in [-0.3, -0.25) is 0 Å². The minimum absolute atomic E-state index is 0.171. The third-order valence-corrected chi connectivity index (χ3v) is 5.31. The van der Waals surface area contributed by atoms with Gasteiger partial charge in [0, 0.05) is 5.56 Å². The molecule has 116 valence electrons. The maximum absolute atomic E-state index is 4.68. The SMILES string of the molecule is CCSCc1nnc2sc(-c3ccc(C(C)(C)C)cc3)nn12. The van der Waals surface area contributed by atoms with Gasteiger partial charge in [-0.15, -0.1) is 10.2 Å². The van der Waals surface area contributed by atoms with E-state index in [0.717, 1.165) is 32.9 Å². The highest BCUT2D eigenvalue weighted by atomic mass is 32.2. The van der Waals surface area contributed by atoms with Crippen LogP contribution in [0.25, 0.3) is 15.5 Å². The first kappa shape index (κ1) is 15.5. The van der Waals surface area contributed by atoms with Gasteiger partial charge in [0.15, 0.2) is 5.82 Å². The Morgan fingerprint density at radius 2 is 1.86 bits per heavy atom. The van der Waals surface area contributed by atoms with E-state index >= 15 is 0 Å². The first-order valence-corrected chi connectivity index (χ1v) is 9.36. The van der Waals surface area contributed by atoms with Crippen LogP contribution in [0, 0.1) is 0 Å². The van der Waals surface area contributed by atoms with Crippen LogP contribution >= 0.6 is 23.1 Å². The van der Waals surface area contributed by atoms with Gasteiger partial charge in [-0.05, 0) is 16.7 Å². The number of nitrogens with zero attached hydrogens (tertiary/aromatic N) is 4. The summed E-state index contributed by atoms with van der Waals surface area (Å²) in [6, 6.07) is 8.66. The van der Waals surface area contributed by atoms with Crippen LogP contribution in [0.4, 0.5) is 0 Å². The standard InChI is InChI=1S/C16H20N4S2/c1-5-21-10-13-17-18-15-20(13)19-14(22-15)11-6-8-12(9-7-11)16(2,3)4/h6-9H,5,10H2,1-4H3. The van der Waals surface area contributed by atoms with Crippen molar-refractivity contribution in [2.24, 2.45) is 0 Å². The minimum Gasteiger partial charge on any atom is -0.186 e. The van der Waals surface area contributed by atoms with Crippen molar-refractivity contribution in [2.45, 2.75) is 38.9 Å². The van der Waals surface area contributed by atoms with Crippen molar-refractivity contribution in [1.29, 1.82) is 0 Å². The Morgan fingerprint density at radius 1 is 1.14 bits per heavy atom. The lowest BCUT2D eigenvalue weighted by Crippen LogP contribution is -2.10. The summed E-state index contributed by atoms with van der Waals surface area (Å²) in [5.74, 6) is 2.85. The van der Waals surface area contributed by atoms with Crippen LogP contribution in [0.1, 0.15) is 39.1 Å². The summed E-state index contributed by atoms with van der Waals surface area (Å²) in [6.07, 6.45) is 0. The molecule has 0 aliphatic heterocycles. The number of fused-ring (bicyclic) bond motifs is 1. The van der Waals surface area contributed by atoms with Gasteiger partial charge in [-0.25, -0.2) is 0 Å². The van der Waals surface area contributed by atoms with E-state index in [4.69, 9.17) is 0 Å². The van der Waals surface area contributed by atoms with Crippen molar-refractivity contribution in [2.75, 3.05) is 5.75 Å². The molecule has 3 rings (SSSR count). The number of aromatic nitrogens is 4. The van der Waals surface area contributed by atoms with Gasteiger partial charge in [0.1, 0.15) is 5.01 Å². The molecule has 0 radical (unpaired) electrons. The predicted octanol–water partition coefficient (Wildman–Crippen LogP) is 4.40. The molecule has 6 heteroatoms. The Bertz CT molecular complexity index is 766. The van der Waals surface area contributed by atoms with Crippen molar-refractivity contribution in [3.63, 3.8) is 0 Å². The molecule has 0 atom stereocenters. The lowest BCUT2D eigenvalue weighted by atomic mass is 9.87. The van der Waals surface area contributed by atoms with Gasteiger partial charge in [-0.2, -0.15) is 21.4 Å². The summed E-state index contributed by atoms with van der Waals surface area (Å²) in [7, 11) is 0. The van der Waals surface area contributed by atoms with Crippen molar-refractivity contribution in [3.05, 3.63) is 35.7 Å². The lowest BCUT2D eigenvalue weighted by Gasteiger charge is -2.18. The van der Waals surface area contributed by atoms with E-state index in [1.54, 1.807) is 11.3 Å². The Morgan fingerprint density at radius 3 is 2.50 bits per heavy atom. The maximum Gasteiger partial charge on any atom is 0.235 e. The zero-order valence-electron chi connectivity index (χ0n) is 13.3. The third kappa shape index (κ3) is 3.03. The molecule has 0 bridgehead atoms. The van der Waals surface area contributed by atoms with E-state index in [1.807, 2.05) is 16.3 Å². The molecule has 22 heavy (non-hydrogen) atoms. The molecule has 0 amide bonds. The number of benzene rings is 1. The fourth-order valence-electron chi connectivity index (χ4n) is 2.17. The van der Waals surface area contributed by atoms with E-state index in [2.05, 4.69) is 67.3 Å². The van der Waals surface area contributed by atoms with Gasteiger partial charge in [0.05, 0.1) is 5.75 Å². The van der Waals surface area contributed by atoms with Crippen LogP contribution in [-0.2, 0) is 11.2 Å². The fourth-order valence-corrected chi connectivity index (χ4v) is 3.60. The maximum atomic E-state index is 4.68. The van der Waals surface area contributed by atoms with Crippen molar-refractivity contribution in [1.82, 2.24) is 19.8 Å². The van der Waals surface area contributed by atoms with Crippen LogP contribution in [0.5, 0.6) is 0 Å². The summed E-state index contributed by atoms with van der Waals surface area (Å²) < 4.78 is 1.88. The molecule has 0 N–H and O–H groups in total. The third-order valence-electron chi connectivity index (χ3n) is 3.49. The van der Waals surface area contributed by atoms with Crippen LogP contribution in [-0.4, -0.2) is 25.6 Å². The average molecular weight is 332 g/mol. The number of rotatable bonds is 4. The summed E-state index contributed by atoms with van der Waals surface area (Å²) in [4.78, 5) is 0.863. The first-order chi connectivity index (χ1) is 10.5. The topological polar surface area (TPSA) is 43.1 Å². The van der Waals surface area contributed by atoms with Gasteiger partial charge in [-0.1, -0.05) is 63.3 Å². The van der Waals surface area contributed by atoms with Crippen molar-refractivity contribution >= 4 is 28.1 Å². The molecule has 0 aliphatic rings. The smallest absolute Gasteiger partial charge is 0.186 e. The van der Waals surface area contributed by atoms with Gasteiger partial charge in [0.25, 0.3) is 0 Å². The van der Waals surface area contributed by atoms with Crippen molar-refractivity contribution in [3.8, 4) is 10.6 Å². The summed E-state index contributed by atoms with van der Waals surface area (Å²) >= 11 is 3.42. The lowest BCUT2D eigenvalue weighted by molar-refractivity contribution is 0.590. The van der Waals surface area contributed by atoms with Crippen LogP contribution < -0.4 is 0 Å². The number of hydrogen-bond donors (Lipinski definition) is 0. The second-order valence-electron chi connectivity index (χ2n) is 6.18. The zero-order chi connectivity index (χ0) is 15.7. The first-order valence-electron chi connectivity index (χ1n) is 7.39. The number of thioether (sulfide) groups is 1. The Labute approximate surface area is 139 Å². The van der Waals surface area contributed by atoms with E-state index in [-0.39, 0.29) is 5.41 Å². The van der Waals surface area contributed by atoms with Crippen LogP contribution in [0.2, 0.25) is 0 Å². The molecule has 0 unspecified atom stereocenters. The number of hydrogen-bond acceptors (Lipinski definition) is 5. The van der Waals surface area contributed by atoms with Crippen LogP contribution in [0.15, 0.2) is 24.3 Å². The van der Waals surface area contributed by atoms with Gasteiger partial charge >= 0.3 is 0 Å². The molecule has 1 aromatic carbocycles. The average Bonchev–Trinajstić information content (AvgIpc) is 3.05. The van der Waals surface area contributed by atoms with E-state index in [1.165, 1.54) is 5.56 Å². The zero-order valence-corrected chi connectivity index (χ0v) is 15.0. The Balaban J connectivity index is 1.91. The molecular formula is C16H20N4S2. The summed E-state index contributed by atoms with van der Waals surface area (Å²) in [5.41, 5.74) is 2.64.